The maximum absolute atomic E-state index is 5.58. The summed E-state index contributed by atoms with van der Waals surface area (Å²) >= 11 is 5.58. The third-order valence-electron chi connectivity index (χ3n) is 1.33. The van der Waals surface area contributed by atoms with Gasteiger partial charge in [0.2, 0.25) is 0 Å². The summed E-state index contributed by atoms with van der Waals surface area (Å²) in [5, 5.41) is 0.868. The average molecular weight is 118 g/mol. The number of hydrogen-bond donors (Lipinski definition) is 0. The second-order valence-electron chi connectivity index (χ2n) is 1.84. The van der Waals surface area contributed by atoms with E-state index in [0.29, 0.717) is 6.04 Å². The van der Waals surface area contributed by atoms with E-state index in [1.165, 1.54) is 0 Å². The lowest BCUT2D eigenvalue weighted by Gasteiger charge is -2.32. The van der Waals surface area contributed by atoms with Crippen LogP contribution in [0.1, 0.15) is 6.92 Å². The Balaban J connectivity index is 2.57. The first-order valence-corrected chi connectivity index (χ1v) is 2.70. The minimum Gasteiger partial charge on any atom is -0.359 e. The average Bonchev–Trinajstić information content (AvgIpc) is 1.68. The van der Waals surface area contributed by atoms with Gasteiger partial charge in [0.25, 0.3) is 0 Å². The van der Waals surface area contributed by atoms with Crippen LogP contribution in [0, 0.1) is 0 Å². The number of nitrogens with zero attached hydrogens (tertiary/aromatic N) is 1. The molecule has 0 saturated carbocycles. The molecule has 0 saturated heterocycles. The zero-order chi connectivity index (χ0) is 5.44. The quantitative estimate of drug-likeness (QED) is 0.434. The zero-order valence-electron chi connectivity index (χ0n) is 4.48. The molecule has 1 atom stereocenters. The van der Waals surface area contributed by atoms with Gasteiger partial charge in [-0.3, -0.25) is 0 Å². The van der Waals surface area contributed by atoms with Gasteiger partial charge < -0.3 is 4.90 Å². The van der Waals surface area contributed by atoms with Crippen molar-refractivity contribution in [2.75, 3.05) is 7.05 Å². The van der Waals surface area contributed by atoms with E-state index >= 15 is 0 Å². The smallest absolute Gasteiger partial charge is 0.103 e. The van der Waals surface area contributed by atoms with Crippen LogP contribution in [-0.4, -0.2) is 18.0 Å². The molecular formula is C5H8ClN. The van der Waals surface area contributed by atoms with Crippen LogP contribution in [0.2, 0.25) is 0 Å². The highest BCUT2D eigenvalue weighted by molar-refractivity contribution is 6.29. The van der Waals surface area contributed by atoms with Gasteiger partial charge in [-0.1, -0.05) is 11.6 Å². The molecule has 0 fully saturated rings. The second kappa shape index (κ2) is 1.41. The highest BCUT2D eigenvalue weighted by Crippen LogP contribution is 2.21. The first-order valence-electron chi connectivity index (χ1n) is 2.32. The summed E-state index contributed by atoms with van der Waals surface area (Å²) in [6.07, 6.45) is 2.02. The SMILES string of the molecule is CC1C=C(Cl)N1C. The van der Waals surface area contributed by atoms with Crippen LogP contribution < -0.4 is 0 Å². The van der Waals surface area contributed by atoms with Gasteiger partial charge in [-0.15, -0.1) is 0 Å². The molecule has 1 nitrogen and oxygen atoms in total. The van der Waals surface area contributed by atoms with E-state index in [0.717, 1.165) is 5.16 Å². The lowest BCUT2D eigenvalue weighted by molar-refractivity contribution is 0.342. The van der Waals surface area contributed by atoms with Crippen LogP contribution in [0.15, 0.2) is 11.2 Å². The molecule has 0 bridgehead atoms. The third-order valence-corrected chi connectivity index (χ3v) is 1.72. The summed E-state index contributed by atoms with van der Waals surface area (Å²) in [5.41, 5.74) is 0. The number of halogens is 1. The van der Waals surface area contributed by atoms with E-state index in [2.05, 4.69) is 6.92 Å². The Bertz CT molecular complexity index is 109. The van der Waals surface area contributed by atoms with Crippen LogP contribution in [0.25, 0.3) is 0 Å². The molecule has 0 N–H and O–H groups in total. The molecule has 1 heterocycles. The Morgan fingerprint density at radius 1 is 1.86 bits per heavy atom. The standard InChI is InChI=1S/C5H8ClN/c1-4-3-5(6)7(4)2/h3-4H,1-2H3. The Kier molecular flexibility index (Phi) is 1.00. The molecule has 0 amide bonds. The van der Waals surface area contributed by atoms with Gasteiger partial charge in [0.15, 0.2) is 0 Å². The van der Waals surface area contributed by atoms with Crippen molar-refractivity contribution in [2.24, 2.45) is 0 Å². The Morgan fingerprint density at radius 2 is 2.43 bits per heavy atom. The van der Waals surface area contributed by atoms with Gasteiger partial charge in [0.05, 0.1) is 0 Å². The monoisotopic (exact) mass is 117 g/mol. The maximum atomic E-state index is 5.58. The van der Waals surface area contributed by atoms with Crippen LogP contribution in [0.3, 0.4) is 0 Å². The molecule has 0 spiro atoms. The molecule has 0 radical (unpaired) electrons. The van der Waals surface area contributed by atoms with Gasteiger partial charge in [0.1, 0.15) is 5.16 Å². The molecule has 0 aromatic carbocycles. The molecular weight excluding hydrogens is 110 g/mol. The summed E-state index contributed by atoms with van der Waals surface area (Å²) in [6.45, 7) is 2.10. The first kappa shape index (κ1) is 4.98. The third kappa shape index (κ3) is 0.611. The summed E-state index contributed by atoms with van der Waals surface area (Å²) in [6, 6.07) is 0.549. The van der Waals surface area contributed by atoms with Gasteiger partial charge in [-0.05, 0) is 13.0 Å². The molecule has 1 unspecified atom stereocenters. The van der Waals surface area contributed by atoms with E-state index in [1.807, 2.05) is 18.0 Å². The van der Waals surface area contributed by atoms with Gasteiger partial charge in [0, 0.05) is 13.1 Å². The van der Waals surface area contributed by atoms with Crippen molar-refractivity contribution in [3.63, 3.8) is 0 Å². The number of hydrogen-bond acceptors (Lipinski definition) is 1. The Labute approximate surface area is 48.6 Å². The van der Waals surface area contributed by atoms with E-state index in [1.54, 1.807) is 0 Å². The number of rotatable bonds is 0. The topological polar surface area (TPSA) is 3.24 Å². The normalized spacial score (nSPS) is 29.3. The molecule has 1 aliphatic rings. The van der Waals surface area contributed by atoms with Crippen molar-refractivity contribution >= 4 is 11.6 Å². The lowest BCUT2D eigenvalue weighted by atomic mass is 10.2. The van der Waals surface area contributed by atoms with Crippen LogP contribution in [-0.2, 0) is 0 Å². The number of likely N-dealkylation sites (N-methyl/N-ethyl adjacent to an activating group) is 1. The van der Waals surface area contributed by atoms with Gasteiger partial charge >= 0.3 is 0 Å². The molecule has 1 aliphatic heterocycles. The molecule has 0 aliphatic carbocycles. The summed E-state index contributed by atoms with van der Waals surface area (Å²) in [5.74, 6) is 0. The molecule has 1 rings (SSSR count). The summed E-state index contributed by atoms with van der Waals surface area (Å²) in [7, 11) is 1.98. The van der Waals surface area contributed by atoms with Crippen molar-refractivity contribution in [3.05, 3.63) is 11.2 Å². The highest BCUT2D eigenvalue weighted by atomic mass is 35.5. The van der Waals surface area contributed by atoms with Gasteiger partial charge in [-0.25, -0.2) is 0 Å². The zero-order valence-corrected chi connectivity index (χ0v) is 5.24. The summed E-state index contributed by atoms with van der Waals surface area (Å²) in [4.78, 5) is 2.02. The predicted octanol–water partition coefficient (Wildman–Crippen LogP) is 1.40. The van der Waals surface area contributed by atoms with Crippen LogP contribution in [0.5, 0.6) is 0 Å². The van der Waals surface area contributed by atoms with Crippen LogP contribution >= 0.6 is 11.6 Å². The van der Waals surface area contributed by atoms with E-state index < -0.39 is 0 Å². The van der Waals surface area contributed by atoms with E-state index in [9.17, 15) is 0 Å². The van der Waals surface area contributed by atoms with Crippen molar-refractivity contribution in [2.45, 2.75) is 13.0 Å². The minimum absolute atomic E-state index is 0.549. The molecule has 7 heavy (non-hydrogen) atoms. The van der Waals surface area contributed by atoms with Crippen molar-refractivity contribution in [1.82, 2.24) is 4.90 Å². The predicted molar refractivity (Wildman–Crippen MR) is 31.2 cm³/mol. The molecule has 0 aromatic rings. The van der Waals surface area contributed by atoms with Crippen molar-refractivity contribution < 1.29 is 0 Å². The summed E-state index contributed by atoms with van der Waals surface area (Å²) < 4.78 is 0. The second-order valence-corrected chi connectivity index (χ2v) is 2.23. The van der Waals surface area contributed by atoms with Gasteiger partial charge in [-0.2, -0.15) is 0 Å². The van der Waals surface area contributed by atoms with E-state index in [4.69, 9.17) is 11.6 Å². The first-order chi connectivity index (χ1) is 3.22. The fraction of sp³-hybridized carbons (Fsp3) is 0.600. The minimum atomic E-state index is 0.549. The largest absolute Gasteiger partial charge is 0.359 e. The Hall–Kier alpha value is -0.170. The fourth-order valence-corrected chi connectivity index (χ4v) is 0.877. The maximum Gasteiger partial charge on any atom is 0.103 e. The molecule has 0 aromatic heterocycles. The van der Waals surface area contributed by atoms with Crippen molar-refractivity contribution in [1.29, 1.82) is 0 Å². The van der Waals surface area contributed by atoms with Crippen molar-refractivity contribution in [3.8, 4) is 0 Å². The van der Waals surface area contributed by atoms with Crippen LogP contribution in [0.4, 0.5) is 0 Å². The molecule has 2 heteroatoms. The lowest BCUT2D eigenvalue weighted by Crippen LogP contribution is -2.33. The molecule has 40 valence electrons. The van der Waals surface area contributed by atoms with E-state index in [-0.39, 0.29) is 0 Å². The highest BCUT2D eigenvalue weighted by Gasteiger charge is 2.17. The fourth-order valence-electron chi connectivity index (χ4n) is 0.541. The Morgan fingerprint density at radius 3 is 2.43 bits per heavy atom.